The monoisotopic (exact) mass is 549 g/mol. The predicted molar refractivity (Wildman–Crippen MR) is 125 cm³/mol. The lowest BCUT2D eigenvalue weighted by Crippen LogP contribution is -2.44. The molecule has 1 fully saturated rings. The molecule has 1 aromatic heterocycles. The van der Waals surface area contributed by atoms with Crippen molar-refractivity contribution in [3.63, 3.8) is 0 Å². The van der Waals surface area contributed by atoms with Gasteiger partial charge in [0.15, 0.2) is 5.82 Å². The quantitative estimate of drug-likeness (QED) is 0.348. The highest BCUT2D eigenvalue weighted by atomic mass is 35.5. The van der Waals surface area contributed by atoms with Crippen molar-refractivity contribution in [2.45, 2.75) is 57.5 Å². The maximum Gasteiger partial charge on any atom is 0.435 e. The summed E-state index contributed by atoms with van der Waals surface area (Å²) < 4.78 is 56.6. The van der Waals surface area contributed by atoms with E-state index >= 15 is 0 Å². The minimum atomic E-state index is -4.87. The lowest BCUT2D eigenvalue weighted by atomic mass is 9.85. The summed E-state index contributed by atoms with van der Waals surface area (Å²) >= 11 is 12.9. The average molecular weight is 550 g/mol. The van der Waals surface area contributed by atoms with Crippen LogP contribution in [0.4, 0.5) is 17.6 Å². The predicted octanol–water partition coefficient (Wildman–Crippen LogP) is 6.54. The Bertz CT molecular complexity index is 1210. The number of carbonyl (C=O) groups is 1. The van der Waals surface area contributed by atoms with Crippen LogP contribution in [0.15, 0.2) is 17.3 Å². The lowest BCUT2D eigenvalue weighted by molar-refractivity contribution is -0.275. The Hall–Kier alpha value is -2.04. The smallest absolute Gasteiger partial charge is 0.372 e. The van der Waals surface area contributed by atoms with E-state index in [-0.39, 0.29) is 11.7 Å². The van der Waals surface area contributed by atoms with Crippen LogP contribution >= 0.6 is 34.5 Å². The highest BCUT2D eigenvalue weighted by molar-refractivity contribution is 7.14. The van der Waals surface area contributed by atoms with Gasteiger partial charge in [0.1, 0.15) is 5.84 Å². The van der Waals surface area contributed by atoms with Crippen molar-refractivity contribution < 1.29 is 27.2 Å². The Kier molecular flexibility index (Phi) is 6.21. The molecule has 0 radical (unpaired) electrons. The maximum absolute atomic E-state index is 14.3. The number of oxime groups is 1. The highest BCUT2D eigenvalue weighted by Crippen LogP contribution is 2.50. The van der Waals surface area contributed by atoms with E-state index in [9.17, 15) is 22.4 Å². The number of thiophene rings is 1. The number of alkyl halides is 3. The standard InChI is InChI=1S/C23H21Cl2F4N3O2S/c1-11-14-9-32(10-17(14)35-20(11)21(33)30-8-12-3-2-4-12)18-7-22(34-31-18,23(27,28)29)13-5-15(24)19(26)16(25)6-13/h5-6,12H,2-4,7-10H2,1H3,(H,30,33). The molecule has 1 amide bonds. The van der Waals surface area contributed by atoms with E-state index in [0.717, 1.165) is 41.0 Å². The second-order valence-electron chi connectivity index (χ2n) is 9.18. The number of hydrogen-bond donors (Lipinski definition) is 1. The zero-order chi connectivity index (χ0) is 25.1. The van der Waals surface area contributed by atoms with Gasteiger partial charge in [0.2, 0.25) is 0 Å². The fourth-order valence-corrected chi connectivity index (χ4v) is 6.36. The lowest BCUT2D eigenvalue weighted by Gasteiger charge is -2.30. The van der Waals surface area contributed by atoms with E-state index in [2.05, 4.69) is 10.5 Å². The number of benzene rings is 1. The second kappa shape index (κ2) is 8.81. The zero-order valence-electron chi connectivity index (χ0n) is 18.6. The SMILES string of the molecule is Cc1c(C(=O)NCC2CCC2)sc2c1CN(C1=NOC(c3cc(Cl)c(F)c(Cl)c3)(C(F)(F)F)C1)C2. The molecule has 1 N–H and O–H groups in total. The molecular formula is C23H21Cl2F4N3O2S. The number of nitrogens with zero attached hydrogens (tertiary/aromatic N) is 2. The molecule has 3 aliphatic rings. The largest absolute Gasteiger partial charge is 0.435 e. The van der Waals surface area contributed by atoms with E-state index in [1.54, 1.807) is 4.90 Å². The van der Waals surface area contributed by atoms with Crippen molar-refractivity contribution in [3.05, 3.63) is 54.4 Å². The number of nitrogens with one attached hydrogen (secondary N) is 1. The molecule has 0 bridgehead atoms. The molecule has 2 aromatic rings. The Morgan fingerprint density at radius 3 is 2.54 bits per heavy atom. The molecule has 1 atom stereocenters. The van der Waals surface area contributed by atoms with Crippen molar-refractivity contribution in [2.24, 2.45) is 11.1 Å². The minimum absolute atomic E-state index is 0.108. The van der Waals surface area contributed by atoms with Gasteiger partial charge in [0.05, 0.1) is 27.9 Å². The normalized spacial score (nSPS) is 22.0. The summed E-state index contributed by atoms with van der Waals surface area (Å²) in [6.07, 6.45) is -2.01. The Balaban J connectivity index is 1.33. The van der Waals surface area contributed by atoms with Gasteiger partial charge in [0.25, 0.3) is 11.5 Å². The highest BCUT2D eigenvalue weighted by Gasteiger charge is 2.63. The molecule has 0 spiro atoms. The van der Waals surface area contributed by atoms with Crippen molar-refractivity contribution in [1.29, 1.82) is 0 Å². The zero-order valence-corrected chi connectivity index (χ0v) is 20.9. The molecule has 188 valence electrons. The van der Waals surface area contributed by atoms with Gasteiger partial charge in [0, 0.05) is 23.5 Å². The minimum Gasteiger partial charge on any atom is -0.372 e. The number of halogens is 6. The molecule has 1 unspecified atom stereocenters. The molecule has 1 aromatic carbocycles. The van der Waals surface area contributed by atoms with Crippen molar-refractivity contribution >= 4 is 46.3 Å². The number of amides is 1. The fraction of sp³-hybridized carbons (Fsp3) is 0.478. The summed E-state index contributed by atoms with van der Waals surface area (Å²) in [6.45, 7) is 3.15. The summed E-state index contributed by atoms with van der Waals surface area (Å²) in [6, 6.07) is 1.74. The summed E-state index contributed by atoms with van der Waals surface area (Å²) in [5.74, 6) is -0.456. The van der Waals surface area contributed by atoms with E-state index in [4.69, 9.17) is 28.0 Å². The Morgan fingerprint density at radius 1 is 1.29 bits per heavy atom. The van der Waals surface area contributed by atoms with Crippen molar-refractivity contribution in [2.75, 3.05) is 6.54 Å². The third-order valence-corrected chi connectivity index (χ3v) is 8.88. The van der Waals surface area contributed by atoms with Gasteiger partial charge < -0.3 is 15.1 Å². The third-order valence-electron chi connectivity index (χ3n) is 7.01. The van der Waals surface area contributed by atoms with E-state index in [1.807, 2.05) is 6.92 Å². The molecule has 0 saturated heterocycles. The van der Waals surface area contributed by atoms with Crippen molar-refractivity contribution in [3.8, 4) is 0 Å². The van der Waals surface area contributed by atoms with Crippen LogP contribution in [-0.2, 0) is 23.5 Å². The van der Waals surface area contributed by atoms with Gasteiger partial charge in [-0.1, -0.05) is 34.8 Å². The maximum atomic E-state index is 14.3. The van der Waals surface area contributed by atoms with Crippen LogP contribution in [0, 0.1) is 18.7 Å². The van der Waals surface area contributed by atoms with Gasteiger partial charge in [-0.25, -0.2) is 4.39 Å². The van der Waals surface area contributed by atoms with Crippen LogP contribution in [0.1, 0.15) is 56.9 Å². The van der Waals surface area contributed by atoms with Crippen LogP contribution in [0.5, 0.6) is 0 Å². The van der Waals surface area contributed by atoms with E-state index in [0.29, 0.717) is 30.4 Å². The topological polar surface area (TPSA) is 53.9 Å². The number of fused-ring (bicyclic) bond motifs is 1. The molecule has 5 rings (SSSR count). The van der Waals surface area contributed by atoms with Crippen LogP contribution in [-0.4, -0.2) is 29.4 Å². The first kappa shape index (κ1) is 24.6. The number of amidine groups is 1. The first-order valence-electron chi connectivity index (χ1n) is 11.1. The molecule has 1 saturated carbocycles. The first-order valence-corrected chi connectivity index (χ1v) is 12.7. The average Bonchev–Trinajstić information content (AvgIpc) is 3.45. The summed E-state index contributed by atoms with van der Waals surface area (Å²) in [7, 11) is 0. The summed E-state index contributed by atoms with van der Waals surface area (Å²) in [5, 5.41) is 5.71. The molecular weight excluding hydrogens is 529 g/mol. The molecule has 2 aliphatic heterocycles. The number of carbonyl (C=O) groups excluding carboxylic acids is 1. The third kappa shape index (κ3) is 4.17. The second-order valence-corrected chi connectivity index (χ2v) is 11.1. The summed E-state index contributed by atoms with van der Waals surface area (Å²) in [5.41, 5.74) is -1.50. The number of rotatable bonds is 4. The van der Waals surface area contributed by atoms with E-state index in [1.165, 1.54) is 17.8 Å². The van der Waals surface area contributed by atoms with Crippen molar-refractivity contribution in [1.82, 2.24) is 10.2 Å². The van der Waals surface area contributed by atoms with Crippen LogP contribution in [0.25, 0.3) is 0 Å². The van der Waals surface area contributed by atoms with Gasteiger partial charge in [-0.2, -0.15) is 13.2 Å². The van der Waals surface area contributed by atoms with Crippen LogP contribution in [0.2, 0.25) is 10.0 Å². The van der Waals surface area contributed by atoms with Gasteiger partial charge in [-0.15, -0.1) is 11.3 Å². The van der Waals surface area contributed by atoms with E-state index < -0.39 is 39.6 Å². The Labute approximate surface area is 213 Å². The van der Waals surface area contributed by atoms with Gasteiger partial charge in [-0.3, -0.25) is 4.79 Å². The molecule has 12 heteroatoms. The first-order chi connectivity index (χ1) is 16.5. The van der Waals surface area contributed by atoms with Gasteiger partial charge >= 0.3 is 6.18 Å². The van der Waals surface area contributed by atoms with Crippen LogP contribution in [0.3, 0.4) is 0 Å². The molecule has 3 heterocycles. The summed E-state index contributed by atoms with van der Waals surface area (Å²) in [4.78, 5) is 20.9. The Morgan fingerprint density at radius 2 is 1.97 bits per heavy atom. The van der Waals surface area contributed by atoms with Gasteiger partial charge in [-0.05, 0) is 48.9 Å². The number of hydrogen-bond acceptors (Lipinski definition) is 5. The van der Waals surface area contributed by atoms with Crippen LogP contribution < -0.4 is 5.32 Å². The molecule has 35 heavy (non-hydrogen) atoms. The molecule has 1 aliphatic carbocycles. The fourth-order valence-electron chi connectivity index (χ4n) is 4.62. The molecule has 5 nitrogen and oxygen atoms in total.